The second-order valence-corrected chi connectivity index (χ2v) is 6.81. The Morgan fingerprint density at radius 3 is 2.81 bits per heavy atom. The van der Waals surface area contributed by atoms with Gasteiger partial charge < -0.3 is 10.1 Å². The molecule has 0 radical (unpaired) electrons. The lowest BCUT2D eigenvalue weighted by Crippen LogP contribution is -2.19. The van der Waals surface area contributed by atoms with Gasteiger partial charge in [0.25, 0.3) is 0 Å². The molecule has 0 saturated heterocycles. The van der Waals surface area contributed by atoms with E-state index in [2.05, 4.69) is 63.9 Å². The number of hydrogen-bond acceptors (Lipinski definition) is 3. The molecule has 1 N–H and O–H groups in total. The molecule has 2 nitrogen and oxygen atoms in total. The van der Waals surface area contributed by atoms with Gasteiger partial charge in [0.1, 0.15) is 5.75 Å². The molecule has 0 bridgehead atoms. The Labute approximate surface area is 138 Å². The SMILES string of the molecule is CNC(c1ccccc1SC)c1cc(Br)cc2c1OCC2. The molecule has 1 aliphatic heterocycles. The highest BCUT2D eigenvalue weighted by atomic mass is 79.9. The van der Waals surface area contributed by atoms with Gasteiger partial charge in [-0.15, -0.1) is 11.8 Å². The van der Waals surface area contributed by atoms with Crippen LogP contribution in [0.3, 0.4) is 0 Å². The summed E-state index contributed by atoms with van der Waals surface area (Å²) in [5.41, 5.74) is 3.80. The van der Waals surface area contributed by atoms with Crippen molar-refractivity contribution in [2.75, 3.05) is 19.9 Å². The highest BCUT2D eigenvalue weighted by Gasteiger charge is 2.24. The van der Waals surface area contributed by atoms with Crippen LogP contribution < -0.4 is 10.1 Å². The molecule has 4 heteroatoms. The van der Waals surface area contributed by atoms with E-state index in [1.807, 2.05) is 7.05 Å². The van der Waals surface area contributed by atoms with E-state index in [4.69, 9.17) is 4.74 Å². The van der Waals surface area contributed by atoms with Crippen LogP contribution in [0.2, 0.25) is 0 Å². The van der Waals surface area contributed by atoms with E-state index in [-0.39, 0.29) is 6.04 Å². The lowest BCUT2D eigenvalue weighted by Gasteiger charge is -2.22. The van der Waals surface area contributed by atoms with Crippen LogP contribution in [-0.4, -0.2) is 19.9 Å². The van der Waals surface area contributed by atoms with Crippen LogP contribution in [-0.2, 0) is 6.42 Å². The van der Waals surface area contributed by atoms with Gasteiger partial charge in [-0.05, 0) is 42.6 Å². The molecule has 2 aromatic rings. The number of thioether (sulfide) groups is 1. The van der Waals surface area contributed by atoms with Crippen molar-refractivity contribution < 1.29 is 4.74 Å². The summed E-state index contributed by atoms with van der Waals surface area (Å²) in [6.07, 6.45) is 3.11. The summed E-state index contributed by atoms with van der Waals surface area (Å²) in [7, 11) is 2.00. The zero-order valence-corrected chi connectivity index (χ0v) is 14.6. The van der Waals surface area contributed by atoms with Crippen LogP contribution in [0, 0.1) is 0 Å². The monoisotopic (exact) mass is 363 g/mol. The standard InChI is InChI=1S/C17H18BrNOS/c1-19-16(13-5-3-4-6-15(13)21-2)14-10-12(18)9-11-7-8-20-17(11)14/h3-6,9-10,16,19H,7-8H2,1-2H3. The van der Waals surface area contributed by atoms with Crippen molar-refractivity contribution in [3.63, 3.8) is 0 Å². The molecule has 3 rings (SSSR count). The molecule has 1 unspecified atom stereocenters. The Morgan fingerprint density at radius 1 is 1.24 bits per heavy atom. The van der Waals surface area contributed by atoms with Crippen LogP contribution in [0.1, 0.15) is 22.7 Å². The third-order valence-corrected chi connectivity index (χ3v) is 5.10. The number of fused-ring (bicyclic) bond motifs is 1. The van der Waals surface area contributed by atoms with E-state index in [0.29, 0.717) is 0 Å². The Kier molecular flexibility index (Phi) is 4.57. The maximum Gasteiger partial charge on any atom is 0.127 e. The fourth-order valence-electron chi connectivity index (χ4n) is 2.90. The number of ether oxygens (including phenoxy) is 1. The van der Waals surface area contributed by atoms with Crippen molar-refractivity contribution in [3.05, 3.63) is 57.6 Å². The first kappa shape index (κ1) is 14.9. The van der Waals surface area contributed by atoms with Crippen molar-refractivity contribution in [3.8, 4) is 5.75 Å². The molecule has 0 spiro atoms. The van der Waals surface area contributed by atoms with Gasteiger partial charge in [0, 0.05) is 21.4 Å². The third-order valence-electron chi connectivity index (χ3n) is 3.83. The first-order chi connectivity index (χ1) is 10.2. The van der Waals surface area contributed by atoms with Gasteiger partial charge in [-0.1, -0.05) is 34.1 Å². The number of benzene rings is 2. The minimum Gasteiger partial charge on any atom is -0.493 e. The quantitative estimate of drug-likeness (QED) is 0.812. The number of nitrogens with one attached hydrogen (secondary N) is 1. The highest BCUT2D eigenvalue weighted by molar-refractivity contribution is 9.10. The summed E-state index contributed by atoms with van der Waals surface area (Å²) < 4.78 is 7.01. The zero-order valence-electron chi connectivity index (χ0n) is 12.2. The molecular formula is C17H18BrNOS. The molecule has 1 aliphatic rings. The summed E-state index contributed by atoms with van der Waals surface area (Å²) in [6, 6.07) is 13.0. The van der Waals surface area contributed by atoms with Gasteiger partial charge in [0.15, 0.2) is 0 Å². The van der Waals surface area contributed by atoms with Gasteiger partial charge in [0.2, 0.25) is 0 Å². The molecule has 0 aliphatic carbocycles. The van der Waals surface area contributed by atoms with Gasteiger partial charge in [0.05, 0.1) is 12.6 Å². The van der Waals surface area contributed by atoms with Crippen LogP contribution in [0.15, 0.2) is 45.8 Å². The second-order valence-electron chi connectivity index (χ2n) is 5.05. The minimum atomic E-state index is 0.137. The largest absolute Gasteiger partial charge is 0.493 e. The van der Waals surface area contributed by atoms with Gasteiger partial charge in [-0.25, -0.2) is 0 Å². The van der Waals surface area contributed by atoms with E-state index in [1.165, 1.54) is 21.6 Å². The molecule has 2 aromatic carbocycles. The van der Waals surface area contributed by atoms with Crippen LogP contribution in [0.4, 0.5) is 0 Å². The highest BCUT2D eigenvalue weighted by Crippen LogP contribution is 2.40. The van der Waals surface area contributed by atoms with Crippen LogP contribution >= 0.6 is 27.7 Å². The van der Waals surface area contributed by atoms with Crippen molar-refractivity contribution in [2.24, 2.45) is 0 Å². The van der Waals surface area contributed by atoms with E-state index in [0.717, 1.165) is 23.2 Å². The van der Waals surface area contributed by atoms with Crippen molar-refractivity contribution in [2.45, 2.75) is 17.4 Å². The fraction of sp³-hybridized carbons (Fsp3) is 0.294. The van der Waals surface area contributed by atoms with Gasteiger partial charge >= 0.3 is 0 Å². The summed E-state index contributed by atoms with van der Waals surface area (Å²) in [5.74, 6) is 1.05. The van der Waals surface area contributed by atoms with Crippen molar-refractivity contribution in [1.29, 1.82) is 0 Å². The molecule has 1 heterocycles. The Bertz CT molecular complexity index is 659. The first-order valence-corrected chi connectivity index (χ1v) is 9.01. The number of halogens is 1. The Morgan fingerprint density at radius 2 is 2.05 bits per heavy atom. The average Bonchev–Trinajstić information content (AvgIpc) is 2.96. The zero-order chi connectivity index (χ0) is 14.8. The van der Waals surface area contributed by atoms with Crippen LogP contribution in [0.5, 0.6) is 5.75 Å². The molecule has 0 amide bonds. The van der Waals surface area contributed by atoms with E-state index < -0.39 is 0 Å². The molecule has 21 heavy (non-hydrogen) atoms. The lowest BCUT2D eigenvalue weighted by molar-refractivity contribution is 0.351. The lowest BCUT2D eigenvalue weighted by atomic mass is 9.96. The third kappa shape index (κ3) is 2.85. The Hall–Kier alpha value is -0.970. The smallest absolute Gasteiger partial charge is 0.127 e. The number of hydrogen-bond donors (Lipinski definition) is 1. The maximum atomic E-state index is 5.89. The summed E-state index contributed by atoms with van der Waals surface area (Å²) in [5, 5.41) is 3.45. The summed E-state index contributed by atoms with van der Waals surface area (Å²) in [6.45, 7) is 0.777. The average molecular weight is 364 g/mol. The second kappa shape index (κ2) is 6.42. The molecule has 0 aromatic heterocycles. The molecule has 110 valence electrons. The summed E-state index contributed by atoms with van der Waals surface area (Å²) >= 11 is 5.41. The molecule has 0 fully saturated rings. The maximum absolute atomic E-state index is 5.89. The van der Waals surface area contributed by atoms with E-state index in [9.17, 15) is 0 Å². The fourth-order valence-corrected chi connectivity index (χ4v) is 4.06. The topological polar surface area (TPSA) is 21.3 Å². The van der Waals surface area contributed by atoms with Gasteiger partial charge in [-0.2, -0.15) is 0 Å². The van der Waals surface area contributed by atoms with Crippen molar-refractivity contribution >= 4 is 27.7 Å². The predicted octanol–water partition coefficient (Wildman–Crippen LogP) is 4.41. The molecule has 1 atom stereocenters. The molecule has 0 saturated carbocycles. The van der Waals surface area contributed by atoms with E-state index in [1.54, 1.807) is 11.8 Å². The summed E-state index contributed by atoms with van der Waals surface area (Å²) in [4.78, 5) is 1.29. The molecular weight excluding hydrogens is 346 g/mol. The Balaban J connectivity index is 2.13. The van der Waals surface area contributed by atoms with E-state index >= 15 is 0 Å². The number of rotatable bonds is 4. The van der Waals surface area contributed by atoms with Crippen LogP contribution in [0.25, 0.3) is 0 Å². The minimum absolute atomic E-state index is 0.137. The van der Waals surface area contributed by atoms with Gasteiger partial charge in [-0.3, -0.25) is 0 Å². The predicted molar refractivity (Wildman–Crippen MR) is 92.5 cm³/mol. The first-order valence-electron chi connectivity index (χ1n) is 7.00. The normalized spacial score (nSPS) is 14.6. The van der Waals surface area contributed by atoms with Crippen molar-refractivity contribution in [1.82, 2.24) is 5.32 Å².